The molecule has 26 heavy (non-hydrogen) atoms. The van der Waals surface area contributed by atoms with E-state index < -0.39 is 24.2 Å². The summed E-state index contributed by atoms with van der Waals surface area (Å²) in [5.41, 5.74) is -0.509. The summed E-state index contributed by atoms with van der Waals surface area (Å²) in [6.07, 6.45) is 1.83. The molecule has 2 aromatic rings. The number of aryl methyl sites for hydroxylation is 1. The third-order valence-corrected chi connectivity index (χ3v) is 5.39. The topological polar surface area (TPSA) is 103 Å². The summed E-state index contributed by atoms with van der Waals surface area (Å²) in [6.45, 7) is -1.78. The molecule has 140 valence electrons. The van der Waals surface area contributed by atoms with Crippen molar-refractivity contribution < 1.29 is 18.7 Å². The van der Waals surface area contributed by atoms with Crippen molar-refractivity contribution in [3.8, 4) is 5.75 Å². The van der Waals surface area contributed by atoms with Crippen LogP contribution in [0.1, 0.15) is 24.6 Å². The average Bonchev–Trinajstić information content (AvgIpc) is 3.06. The van der Waals surface area contributed by atoms with Gasteiger partial charge in [0.2, 0.25) is 0 Å². The van der Waals surface area contributed by atoms with Crippen LogP contribution < -0.4 is 15.8 Å². The summed E-state index contributed by atoms with van der Waals surface area (Å²) in [7, 11) is 0. The molecular formula is C16H19N2O6PS. The fraction of sp³-hybridized carbons (Fsp3) is 0.375. The molecule has 1 aliphatic rings. The van der Waals surface area contributed by atoms with Crippen LogP contribution in [0.25, 0.3) is 0 Å². The molecule has 1 saturated heterocycles. The van der Waals surface area contributed by atoms with Gasteiger partial charge >= 0.3 is 12.4 Å². The lowest BCUT2D eigenvalue weighted by atomic mass is 10.2. The van der Waals surface area contributed by atoms with E-state index in [0.29, 0.717) is 24.2 Å². The highest BCUT2D eigenvalue weighted by Crippen LogP contribution is 2.45. The zero-order valence-electron chi connectivity index (χ0n) is 14.0. The number of aromatic amines is 1. The molecule has 1 aromatic carbocycles. The first kappa shape index (κ1) is 19.0. The summed E-state index contributed by atoms with van der Waals surface area (Å²) in [5, 5.41) is 0. The predicted molar refractivity (Wildman–Crippen MR) is 98.7 cm³/mol. The van der Waals surface area contributed by atoms with Gasteiger partial charge < -0.3 is 14.2 Å². The smallest absolute Gasteiger partial charge is 0.378 e. The summed E-state index contributed by atoms with van der Waals surface area (Å²) < 4.78 is 17.8. The van der Waals surface area contributed by atoms with Crippen molar-refractivity contribution in [3.05, 3.63) is 62.9 Å². The third-order valence-electron chi connectivity index (χ3n) is 3.93. The predicted octanol–water partition coefficient (Wildman–Crippen LogP) is 1.84. The van der Waals surface area contributed by atoms with Gasteiger partial charge in [-0.2, -0.15) is 0 Å². The van der Waals surface area contributed by atoms with Gasteiger partial charge in [-0.1, -0.05) is 18.2 Å². The zero-order valence-corrected chi connectivity index (χ0v) is 15.7. The molecule has 2 heterocycles. The van der Waals surface area contributed by atoms with E-state index in [4.69, 9.17) is 25.6 Å². The van der Waals surface area contributed by atoms with Gasteiger partial charge in [0, 0.05) is 23.6 Å². The Bertz CT molecular complexity index is 928. The molecule has 0 bridgehead atoms. The first-order valence-corrected chi connectivity index (χ1v) is 10.6. The molecule has 0 spiro atoms. The van der Waals surface area contributed by atoms with Crippen LogP contribution in [0.15, 0.2) is 46.1 Å². The van der Waals surface area contributed by atoms with Crippen molar-refractivity contribution >= 4 is 18.5 Å². The van der Waals surface area contributed by atoms with Crippen LogP contribution >= 0.6 is 6.72 Å². The van der Waals surface area contributed by atoms with Gasteiger partial charge in [0.1, 0.15) is 12.0 Å². The second-order valence-corrected chi connectivity index (χ2v) is 8.70. The lowest BCUT2D eigenvalue weighted by Crippen LogP contribution is -2.33. The van der Waals surface area contributed by atoms with E-state index >= 15 is 0 Å². The van der Waals surface area contributed by atoms with Crippen LogP contribution in [0.2, 0.25) is 0 Å². The largest absolute Gasteiger partial charge is 0.424 e. The van der Waals surface area contributed by atoms with E-state index in [1.807, 2.05) is 6.07 Å². The molecule has 1 aliphatic heterocycles. The van der Waals surface area contributed by atoms with Crippen LogP contribution in [0.3, 0.4) is 0 Å². The second-order valence-electron chi connectivity index (χ2n) is 5.94. The highest BCUT2D eigenvalue weighted by atomic mass is 32.5. The molecule has 0 amide bonds. The van der Waals surface area contributed by atoms with Gasteiger partial charge in [0.15, 0.2) is 0 Å². The lowest BCUT2D eigenvalue weighted by molar-refractivity contribution is -0.0216. The minimum absolute atomic E-state index is 0.0498. The Morgan fingerprint density at radius 2 is 2.08 bits per heavy atom. The van der Waals surface area contributed by atoms with E-state index in [-0.39, 0.29) is 12.7 Å². The number of ether oxygens (including phenoxy) is 1. The standard InChI is InChI=1S/C16H19N2O6PS/c1-11-9-18(16(20)17-15(11)19)14-8-7-13(23-14)10-22-25(21,26)24-12-5-3-2-4-6-12/h2-6,9,13-14H,7-8,10H2,1H3,(H,21,26)(H,17,19,20)/t13-,14+,25?/m0/s1. The van der Waals surface area contributed by atoms with E-state index in [1.54, 1.807) is 31.2 Å². The fourth-order valence-corrected chi connectivity index (χ4v) is 3.87. The van der Waals surface area contributed by atoms with Gasteiger partial charge in [-0.15, -0.1) is 0 Å². The zero-order chi connectivity index (χ0) is 18.7. The first-order valence-electron chi connectivity index (χ1n) is 8.03. The molecule has 1 aromatic heterocycles. The Morgan fingerprint density at radius 1 is 1.35 bits per heavy atom. The Kier molecular flexibility index (Phi) is 5.74. The van der Waals surface area contributed by atoms with E-state index in [2.05, 4.69) is 4.98 Å². The molecule has 2 N–H and O–H groups in total. The SMILES string of the molecule is Cc1cn([C@H]2CC[C@@H](COP(O)(=S)Oc3ccccc3)O2)c(=O)[nH]c1=O. The van der Waals surface area contributed by atoms with Crippen LogP contribution in [0.5, 0.6) is 5.75 Å². The maximum absolute atomic E-state index is 11.9. The highest BCUT2D eigenvalue weighted by Gasteiger charge is 2.30. The molecule has 0 aliphatic carbocycles. The quantitative estimate of drug-likeness (QED) is 0.716. The molecule has 0 radical (unpaired) electrons. The summed E-state index contributed by atoms with van der Waals surface area (Å²) >= 11 is 5.01. The van der Waals surface area contributed by atoms with Crippen molar-refractivity contribution in [1.29, 1.82) is 0 Å². The van der Waals surface area contributed by atoms with Gasteiger partial charge in [-0.3, -0.25) is 18.9 Å². The molecule has 3 rings (SSSR count). The van der Waals surface area contributed by atoms with E-state index in [9.17, 15) is 14.5 Å². The molecule has 1 unspecified atom stereocenters. The van der Waals surface area contributed by atoms with Gasteiger partial charge in [-0.25, -0.2) is 4.79 Å². The monoisotopic (exact) mass is 398 g/mol. The highest BCUT2D eigenvalue weighted by molar-refractivity contribution is 8.07. The Morgan fingerprint density at radius 3 is 2.81 bits per heavy atom. The van der Waals surface area contributed by atoms with Crippen molar-refractivity contribution in [2.45, 2.75) is 32.1 Å². The molecule has 8 nitrogen and oxygen atoms in total. The first-order chi connectivity index (χ1) is 12.3. The number of nitrogens with one attached hydrogen (secondary N) is 1. The molecule has 0 saturated carbocycles. The number of hydrogen-bond donors (Lipinski definition) is 2. The number of nitrogens with zero attached hydrogens (tertiary/aromatic N) is 1. The summed E-state index contributed by atoms with van der Waals surface area (Å²) in [5.74, 6) is 0.429. The molecule has 1 fully saturated rings. The van der Waals surface area contributed by atoms with E-state index in [1.165, 1.54) is 10.8 Å². The Labute approximate surface area is 154 Å². The Balaban J connectivity index is 1.58. The molecule has 10 heteroatoms. The van der Waals surface area contributed by atoms with Crippen LogP contribution in [0, 0.1) is 6.92 Å². The normalized spacial score (nSPS) is 22.1. The van der Waals surface area contributed by atoms with Crippen LogP contribution in [-0.2, 0) is 21.1 Å². The molecular weight excluding hydrogens is 379 g/mol. The number of aromatic nitrogens is 2. The number of para-hydroxylation sites is 1. The van der Waals surface area contributed by atoms with Crippen molar-refractivity contribution in [2.24, 2.45) is 0 Å². The second kappa shape index (κ2) is 7.85. The average molecular weight is 398 g/mol. The maximum atomic E-state index is 11.9. The van der Waals surface area contributed by atoms with Crippen molar-refractivity contribution in [1.82, 2.24) is 9.55 Å². The van der Waals surface area contributed by atoms with Gasteiger partial charge in [0.05, 0.1) is 12.7 Å². The van der Waals surface area contributed by atoms with E-state index in [0.717, 1.165) is 0 Å². The lowest BCUT2D eigenvalue weighted by Gasteiger charge is -2.20. The third kappa shape index (κ3) is 4.69. The van der Waals surface area contributed by atoms with Gasteiger partial charge in [-0.05, 0) is 31.9 Å². The fourth-order valence-electron chi connectivity index (χ4n) is 2.63. The number of benzene rings is 1. The van der Waals surface area contributed by atoms with Crippen molar-refractivity contribution in [3.63, 3.8) is 0 Å². The number of rotatable bonds is 6. The minimum Gasteiger partial charge on any atom is -0.424 e. The Hall–Kier alpha value is -1.77. The van der Waals surface area contributed by atoms with Crippen LogP contribution in [0.4, 0.5) is 0 Å². The van der Waals surface area contributed by atoms with Crippen LogP contribution in [-0.4, -0.2) is 27.2 Å². The summed E-state index contributed by atoms with van der Waals surface area (Å²) in [6, 6.07) is 8.70. The molecule has 3 atom stereocenters. The summed E-state index contributed by atoms with van der Waals surface area (Å²) in [4.78, 5) is 35.8. The van der Waals surface area contributed by atoms with Gasteiger partial charge in [0.25, 0.3) is 5.56 Å². The minimum atomic E-state index is -3.45. The number of hydrogen-bond acceptors (Lipinski definition) is 6. The maximum Gasteiger partial charge on any atom is 0.378 e. The number of H-pyrrole nitrogens is 1. The van der Waals surface area contributed by atoms with Crippen molar-refractivity contribution in [2.75, 3.05) is 6.61 Å².